The maximum absolute atomic E-state index is 11.3. The van der Waals surface area contributed by atoms with Crippen LogP contribution in [-0.4, -0.2) is 32.6 Å². The summed E-state index contributed by atoms with van der Waals surface area (Å²) in [7, 11) is -3.66. The lowest BCUT2D eigenvalue weighted by Gasteiger charge is -2.11. The summed E-state index contributed by atoms with van der Waals surface area (Å²) in [5.74, 6) is 1.85. The lowest BCUT2D eigenvalue weighted by molar-refractivity contribution is 0.372. The van der Waals surface area contributed by atoms with Gasteiger partial charge in [-0.25, -0.2) is 18.5 Å². The maximum atomic E-state index is 11.3. The van der Waals surface area contributed by atoms with Crippen LogP contribution < -0.4 is 15.8 Å². The molecule has 0 radical (unpaired) electrons. The second kappa shape index (κ2) is 12.9. The van der Waals surface area contributed by atoms with Crippen molar-refractivity contribution in [2.24, 2.45) is 10.1 Å². The molecule has 0 aliphatic carbocycles. The van der Waals surface area contributed by atoms with Gasteiger partial charge < -0.3 is 15.2 Å². The van der Waals surface area contributed by atoms with Crippen molar-refractivity contribution in [2.75, 3.05) is 13.1 Å². The van der Waals surface area contributed by atoms with Gasteiger partial charge in [0.1, 0.15) is 6.54 Å². The minimum atomic E-state index is -3.66. The molecular formula is C20H32IN5O3S. The van der Waals surface area contributed by atoms with Gasteiger partial charge in [-0.05, 0) is 43.9 Å². The maximum Gasteiger partial charge on any atom is 0.238 e. The number of guanidine groups is 1. The minimum absolute atomic E-state index is 0. The molecule has 30 heavy (non-hydrogen) atoms. The summed E-state index contributed by atoms with van der Waals surface area (Å²) < 4.78 is 28.0. The van der Waals surface area contributed by atoms with Crippen molar-refractivity contribution in [2.45, 2.75) is 57.4 Å². The highest BCUT2D eigenvalue weighted by atomic mass is 127. The molecular weight excluding hydrogens is 517 g/mol. The van der Waals surface area contributed by atoms with E-state index in [4.69, 9.17) is 9.66 Å². The number of sulfonamides is 1. The molecule has 10 heteroatoms. The Kier molecular flexibility index (Phi) is 11.3. The Hall–Kier alpha value is -1.66. The van der Waals surface area contributed by atoms with E-state index in [9.17, 15) is 8.42 Å². The van der Waals surface area contributed by atoms with E-state index in [0.717, 1.165) is 42.8 Å². The molecule has 0 atom stereocenters. The highest BCUT2D eigenvalue weighted by molar-refractivity contribution is 14.0. The first kappa shape index (κ1) is 26.4. The average Bonchev–Trinajstić information content (AvgIpc) is 3.15. The quantitative estimate of drug-likeness (QED) is 0.238. The molecule has 0 bridgehead atoms. The van der Waals surface area contributed by atoms with Crippen molar-refractivity contribution in [1.29, 1.82) is 0 Å². The number of halogens is 1. The highest BCUT2D eigenvalue weighted by Crippen LogP contribution is 2.22. The third kappa shape index (κ3) is 8.23. The van der Waals surface area contributed by atoms with Crippen molar-refractivity contribution >= 4 is 40.0 Å². The van der Waals surface area contributed by atoms with Crippen LogP contribution in [-0.2, 0) is 23.0 Å². The highest BCUT2D eigenvalue weighted by Gasteiger charge is 2.13. The number of nitrogens with two attached hydrogens (primary N) is 1. The molecule has 1 aromatic carbocycles. The van der Waals surface area contributed by atoms with Gasteiger partial charge in [-0.15, -0.1) is 24.0 Å². The Labute approximate surface area is 196 Å². The van der Waals surface area contributed by atoms with Crippen molar-refractivity contribution in [3.63, 3.8) is 0 Å². The van der Waals surface area contributed by atoms with Crippen molar-refractivity contribution in [1.82, 2.24) is 15.8 Å². The zero-order valence-corrected chi connectivity index (χ0v) is 20.9. The fourth-order valence-electron chi connectivity index (χ4n) is 2.97. The van der Waals surface area contributed by atoms with E-state index in [0.29, 0.717) is 25.0 Å². The van der Waals surface area contributed by atoms with Gasteiger partial charge in [0.15, 0.2) is 11.7 Å². The van der Waals surface area contributed by atoms with Gasteiger partial charge in [-0.3, -0.25) is 0 Å². The summed E-state index contributed by atoms with van der Waals surface area (Å²) in [6.07, 6.45) is 2.79. The Morgan fingerprint density at radius 1 is 1.17 bits per heavy atom. The third-order valence-corrected chi connectivity index (χ3v) is 5.61. The number of aliphatic imine (C=N–C) groups is 1. The van der Waals surface area contributed by atoms with Crippen molar-refractivity contribution in [3.05, 3.63) is 47.3 Å². The number of hydrogen-bond donors (Lipinski definition) is 3. The molecule has 2 aromatic rings. The van der Waals surface area contributed by atoms with Gasteiger partial charge in [0.05, 0.1) is 10.6 Å². The molecule has 0 aliphatic rings. The molecule has 168 valence electrons. The molecule has 1 heterocycles. The van der Waals surface area contributed by atoms with E-state index in [1.165, 1.54) is 12.1 Å². The molecule has 0 fully saturated rings. The van der Waals surface area contributed by atoms with Crippen LogP contribution in [0.1, 0.15) is 56.5 Å². The van der Waals surface area contributed by atoms with E-state index >= 15 is 0 Å². The number of benzene rings is 1. The Bertz CT molecular complexity index is 893. The molecule has 0 unspecified atom stereocenters. The lowest BCUT2D eigenvalue weighted by atomic mass is 9.99. The van der Waals surface area contributed by atoms with E-state index in [-0.39, 0.29) is 28.9 Å². The zero-order valence-electron chi connectivity index (χ0n) is 17.7. The molecule has 0 amide bonds. The summed E-state index contributed by atoms with van der Waals surface area (Å²) in [5, 5.41) is 15.8. The zero-order chi connectivity index (χ0) is 21.3. The predicted molar refractivity (Wildman–Crippen MR) is 130 cm³/mol. The molecule has 0 saturated carbocycles. The Balaban J connectivity index is 0.00000450. The third-order valence-electron chi connectivity index (χ3n) is 4.68. The fraction of sp³-hybridized carbons (Fsp3) is 0.500. The number of nitrogens with one attached hydrogen (secondary N) is 2. The van der Waals surface area contributed by atoms with Crippen LogP contribution in [0.5, 0.6) is 0 Å². The average molecular weight is 549 g/mol. The SMILES string of the molecule is CCNC(=NCc1cc(C(CC)CC)no1)NCCc1ccc(S(N)(=O)=O)cc1.I. The minimum Gasteiger partial charge on any atom is -0.359 e. The molecule has 0 aliphatic heterocycles. The topological polar surface area (TPSA) is 123 Å². The van der Waals surface area contributed by atoms with Crippen LogP contribution >= 0.6 is 24.0 Å². The number of aromatic nitrogens is 1. The normalized spacial score (nSPS) is 12.0. The fourth-order valence-corrected chi connectivity index (χ4v) is 3.49. The lowest BCUT2D eigenvalue weighted by Crippen LogP contribution is -2.38. The van der Waals surface area contributed by atoms with Crippen LogP contribution in [0.25, 0.3) is 0 Å². The van der Waals surface area contributed by atoms with Crippen LogP contribution in [0.15, 0.2) is 44.7 Å². The molecule has 0 spiro atoms. The van der Waals surface area contributed by atoms with E-state index < -0.39 is 10.0 Å². The van der Waals surface area contributed by atoms with Crippen molar-refractivity contribution < 1.29 is 12.9 Å². The molecule has 0 saturated heterocycles. The molecule has 1 aromatic heterocycles. The first-order chi connectivity index (χ1) is 13.9. The predicted octanol–water partition coefficient (Wildman–Crippen LogP) is 3.14. The van der Waals surface area contributed by atoms with Gasteiger partial charge in [0.25, 0.3) is 0 Å². The summed E-state index contributed by atoms with van der Waals surface area (Å²) in [6.45, 7) is 8.10. The first-order valence-electron chi connectivity index (χ1n) is 9.96. The van der Waals surface area contributed by atoms with Gasteiger partial charge in [0, 0.05) is 25.1 Å². The Morgan fingerprint density at radius 3 is 2.40 bits per heavy atom. The smallest absolute Gasteiger partial charge is 0.238 e. The molecule has 8 nitrogen and oxygen atoms in total. The van der Waals surface area contributed by atoms with Crippen LogP contribution in [0.3, 0.4) is 0 Å². The first-order valence-corrected chi connectivity index (χ1v) is 11.5. The van der Waals surface area contributed by atoms with Gasteiger partial charge in [-0.2, -0.15) is 0 Å². The van der Waals surface area contributed by atoms with Crippen molar-refractivity contribution in [3.8, 4) is 0 Å². The summed E-state index contributed by atoms with van der Waals surface area (Å²) in [4.78, 5) is 4.67. The Morgan fingerprint density at radius 2 is 1.83 bits per heavy atom. The summed E-state index contributed by atoms with van der Waals surface area (Å²) in [6, 6.07) is 8.55. The number of nitrogens with zero attached hydrogens (tertiary/aromatic N) is 2. The second-order valence-electron chi connectivity index (χ2n) is 6.79. The van der Waals surface area contributed by atoms with Crippen LogP contribution in [0, 0.1) is 0 Å². The second-order valence-corrected chi connectivity index (χ2v) is 8.35. The number of primary sulfonamides is 1. The van der Waals surface area contributed by atoms with E-state index in [2.05, 4.69) is 34.6 Å². The van der Waals surface area contributed by atoms with Gasteiger partial charge >= 0.3 is 0 Å². The monoisotopic (exact) mass is 549 g/mol. The molecule has 4 N–H and O–H groups in total. The summed E-state index contributed by atoms with van der Waals surface area (Å²) in [5.41, 5.74) is 1.99. The standard InChI is InChI=1S/C20H31N5O3S.HI/c1-4-16(5-2)19-13-17(28-25-19)14-24-20(22-6-3)23-12-11-15-7-9-18(10-8-15)29(21,26)27;/h7-10,13,16H,4-6,11-12,14H2,1-3H3,(H2,21,26,27)(H2,22,23,24);1H. The van der Waals surface area contributed by atoms with Gasteiger partial charge in [0.2, 0.25) is 10.0 Å². The van der Waals surface area contributed by atoms with E-state index in [1.807, 2.05) is 13.0 Å². The van der Waals surface area contributed by atoms with Gasteiger partial charge in [-0.1, -0.05) is 31.1 Å². The van der Waals surface area contributed by atoms with E-state index in [1.54, 1.807) is 12.1 Å². The largest absolute Gasteiger partial charge is 0.359 e. The summed E-state index contributed by atoms with van der Waals surface area (Å²) >= 11 is 0. The van der Waals surface area contributed by atoms with Crippen LogP contribution in [0.4, 0.5) is 0 Å². The molecule has 2 rings (SSSR count). The number of rotatable bonds is 10. The number of hydrogen-bond acceptors (Lipinski definition) is 5. The van der Waals surface area contributed by atoms with Crippen LogP contribution in [0.2, 0.25) is 0 Å².